The first kappa shape index (κ1) is 14.2. The lowest BCUT2D eigenvalue weighted by molar-refractivity contribution is -0.137. The second-order valence-electron chi connectivity index (χ2n) is 4.54. The first-order valence-corrected chi connectivity index (χ1v) is 8.53. The van der Waals surface area contributed by atoms with Crippen molar-refractivity contribution >= 4 is 27.6 Å². The average molecular weight is 262 g/mol. The number of carbonyl (C=O) groups is 1. The van der Waals surface area contributed by atoms with Crippen molar-refractivity contribution in [3.05, 3.63) is 0 Å². The molecule has 0 bridgehead atoms. The van der Waals surface area contributed by atoms with Crippen molar-refractivity contribution in [2.45, 2.75) is 63.0 Å². The van der Waals surface area contributed by atoms with Crippen LogP contribution in [0.15, 0.2) is 0 Å². The van der Waals surface area contributed by atoms with Crippen molar-refractivity contribution in [2.75, 3.05) is 5.75 Å². The topological polar surface area (TPSA) is 37.3 Å². The van der Waals surface area contributed by atoms with Gasteiger partial charge in [0.05, 0.1) is 0 Å². The Bertz CT molecular complexity index is 213. The number of hydrogen-bond acceptors (Lipinski definition) is 3. The minimum atomic E-state index is -0.656. The van der Waals surface area contributed by atoms with E-state index in [0.29, 0.717) is 11.2 Å². The van der Waals surface area contributed by atoms with Gasteiger partial charge in [-0.1, -0.05) is 47.8 Å². The van der Waals surface area contributed by atoms with Gasteiger partial charge in [0.2, 0.25) is 0 Å². The summed E-state index contributed by atoms with van der Waals surface area (Å²) in [5.41, 5.74) is 0. The van der Waals surface area contributed by atoms with Gasteiger partial charge >= 0.3 is 5.97 Å². The molecule has 0 aromatic rings. The van der Waals surface area contributed by atoms with Gasteiger partial charge in [-0.25, -0.2) is 0 Å². The molecule has 2 nitrogen and oxygen atoms in total. The van der Waals surface area contributed by atoms with E-state index in [1.165, 1.54) is 37.9 Å². The molecule has 1 unspecified atom stereocenters. The van der Waals surface area contributed by atoms with Gasteiger partial charge in [-0.2, -0.15) is 0 Å². The van der Waals surface area contributed by atoms with E-state index in [4.69, 9.17) is 5.11 Å². The maximum absolute atomic E-state index is 10.4. The van der Waals surface area contributed by atoms with Crippen LogP contribution >= 0.6 is 21.6 Å². The normalized spacial score (nSPS) is 24.8. The van der Waals surface area contributed by atoms with Crippen LogP contribution in [0.25, 0.3) is 0 Å². The zero-order valence-electron chi connectivity index (χ0n) is 10.0. The lowest BCUT2D eigenvalue weighted by Crippen LogP contribution is -2.21. The van der Waals surface area contributed by atoms with E-state index in [0.717, 1.165) is 12.8 Å². The molecular weight excluding hydrogens is 240 g/mol. The number of carboxylic acids is 1. The Morgan fingerprint density at radius 3 is 2.62 bits per heavy atom. The summed E-state index contributed by atoms with van der Waals surface area (Å²) < 4.78 is 0.471. The van der Waals surface area contributed by atoms with Crippen molar-refractivity contribution in [1.82, 2.24) is 0 Å². The standard InChI is InChI=1S/C12H22O2S2/c1-2-3-7-12(9-10-15-16-12)8-5-4-6-11(13)14/h2-10H2,1H3,(H,13,14). The molecule has 0 amide bonds. The van der Waals surface area contributed by atoms with Gasteiger partial charge in [0.1, 0.15) is 0 Å². The third kappa shape index (κ3) is 5.00. The molecule has 0 radical (unpaired) electrons. The van der Waals surface area contributed by atoms with E-state index in [-0.39, 0.29) is 0 Å². The zero-order valence-corrected chi connectivity index (χ0v) is 11.7. The third-order valence-corrected chi connectivity index (χ3v) is 6.50. The van der Waals surface area contributed by atoms with Gasteiger partial charge < -0.3 is 5.11 Å². The largest absolute Gasteiger partial charge is 0.481 e. The van der Waals surface area contributed by atoms with Crippen LogP contribution in [-0.2, 0) is 4.79 Å². The molecular formula is C12H22O2S2. The molecule has 0 saturated carbocycles. The number of unbranched alkanes of at least 4 members (excludes halogenated alkanes) is 2. The third-order valence-electron chi connectivity index (χ3n) is 3.14. The summed E-state index contributed by atoms with van der Waals surface area (Å²) in [4.78, 5) is 10.4. The zero-order chi connectivity index (χ0) is 11.9. The van der Waals surface area contributed by atoms with Crippen LogP contribution in [-0.4, -0.2) is 21.6 Å². The van der Waals surface area contributed by atoms with Crippen LogP contribution in [0.4, 0.5) is 0 Å². The molecule has 0 spiro atoms. The molecule has 1 rings (SSSR count). The summed E-state index contributed by atoms with van der Waals surface area (Å²) in [6.45, 7) is 2.24. The highest BCUT2D eigenvalue weighted by Gasteiger charge is 2.34. The first-order valence-electron chi connectivity index (χ1n) is 6.21. The Labute approximate surface area is 106 Å². The molecule has 1 saturated heterocycles. The van der Waals surface area contributed by atoms with Crippen LogP contribution in [0.3, 0.4) is 0 Å². The number of hydrogen-bond donors (Lipinski definition) is 1. The summed E-state index contributed by atoms with van der Waals surface area (Å²) in [6, 6.07) is 0. The monoisotopic (exact) mass is 262 g/mol. The highest BCUT2D eigenvalue weighted by Crippen LogP contribution is 2.52. The highest BCUT2D eigenvalue weighted by molar-refractivity contribution is 8.77. The van der Waals surface area contributed by atoms with Gasteiger partial charge in [-0.15, -0.1) is 0 Å². The highest BCUT2D eigenvalue weighted by atomic mass is 33.1. The van der Waals surface area contributed by atoms with Crippen LogP contribution in [0.5, 0.6) is 0 Å². The summed E-state index contributed by atoms with van der Waals surface area (Å²) in [7, 11) is 4.05. The molecule has 1 heterocycles. The van der Waals surface area contributed by atoms with E-state index in [1.54, 1.807) is 0 Å². The molecule has 0 aromatic carbocycles. The van der Waals surface area contributed by atoms with Crippen molar-refractivity contribution in [3.63, 3.8) is 0 Å². The molecule has 1 aliphatic heterocycles. The quantitative estimate of drug-likeness (QED) is 0.521. The first-order chi connectivity index (χ1) is 7.68. The van der Waals surface area contributed by atoms with Gasteiger partial charge in [-0.3, -0.25) is 4.79 Å². The Morgan fingerprint density at radius 1 is 1.31 bits per heavy atom. The summed E-state index contributed by atoms with van der Waals surface area (Å²) in [5, 5.41) is 8.60. The SMILES string of the molecule is CCCCC1(CCCCC(=O)O)CCSS1. The Morgan fingerprint density at radius 2 is 2.06 bits per heavy atom. The Balaban J connectivity index is 2.25. The minimum Gasteiger partial charge on any atom is -0.481 e. The van der Waals surface area contributed by atoms with Crippen molar-refractivity contribution < 1.29 is 9.90 Å². The van der Waals surface area contributed by atoms with Crippen LogP contribution < -0.4 is 0 Å². The fourth-order valence-corrected chi connectivity index (χ4v) is 5.69. The van der Waals surface area contributed by atoms with Crippen LogP contribution in [0, 0.1) is 0 Å². The van der Waals surface area contributed by atoms with Crippen molar-refractivity contribution in [1.29, 1.82) is 0 Å². The fourth-order valence-electron chi connectivity index (χ4n) is 2.12. The van der Waals surface area contributed by atoms with E-state index in [9.17, 15) is 4.79 Å². The molecule has 1 fully saturated rings. The predicted octanol–water partition coefficient (Wildman–Crippen LogP) is 4.35. The molecule has 1 N–H and O–H groups in total. The summed E-state index contributed by atoms with van der Waals surface area (Å²) in [5.74, 6) is 0.615. The van der Waals surface area contributed by atoms with E-state index >= 15 is 0 Å². The average Bonchev–Trinajstić information content (AvgIpc) is 2.71. The molecule has 0 aromatic heterocycles. The van der Waals surface area contributed by atoms with Crippen LogP contribution in [0.2, 0.25) is 0 Å². The Hall–Kier alpha value is 0.170. The van der Waals surface area contributed by atoms with Gasteiger partial charge in [0, 0.05) is 16.9 Å². The molecule has 94 valence electrons. The van der Waals surface area contributed by atoms with Gasteiger partial charge in [-0.05, 0) is 25.7 Å². The van der Waals surface area contributed by atoms with E-state index in [1.807, 2.05) is 10.8 Å². The lowest BCUT2D eigenvalue weighted by Gasteiger charge is -2.27. The van der Waals surface area contributed by atoms with E-state index < -0.39 is 5.97 Å². The van der Waals surface area contributed by atoms with Crippen molar-refractivity contribution in [2.24, 2.45) is 0 Å². The van der Waals surface area contributed by atoms with Gasteiger partial charge in [0.15, 0.2) is 0 Å². The van der Waals surface area contributed by atoms with Crippen LogP contribution in [0.1, 0.15) is 58.3 Å². The maximum Gasteiger partial charge on any atom is 0.303 e. The summed E-state index contributed by atoms with van der Waals surface area (Å²) >= 11 is 0. The second kappa shape index (κ2) is 7.49. The summed E-state index contributed by atoms with van der Waals surface area (Å²) in [6.07, 6.45) is 8.66. The number of carboxylic acid groups (broad SMARTS) is 1. The molecule has 1 aliphatic rings. The predicted molar refractivity (Wildman–Crippen MR) is 73.0 cm³/mol. The number of rotatable bonds is 8. The Kier molecular flexibility index (Phi) is 6.66. The van der Waals surface area contributed by atoms with Crippen molar-refractivity contribution in [3.8, 4) is 0 Å². The second-order valence-corrected chi connectivity index (χ2v) is 7.43. The van der Waals surface area contributed by atoms with E-state index in [2.05, 4.69) is 17.7 Å². The maximum atomic E-state index is 10.4. The molecule has 4 heteroatoms. The van der Waals surface area contributed by atoms with Gasteiger partial charge in [0.25, 0.3) is 0 Å². The smallest absolute Gasteiger partial charge is 0.303 e. The molecule has 1 atom stereocenters. The minimum absolute atomic E-state index is 0.335. The fraction of sp³-hybridized carbons (Fsp3) is 0.917. The molecule has 16 heavy (non-hydrogen) atoms. The lowest BCUT2D eigenvalue weighted by atomic mass is 9.92. The number of aliphatic carboxylic acids is 1. The molecule has 0 aliphatic carbocycles.